The molecule has 0 aliphatic carbocycles. The van der Waals surface area contributed by atoms with Crippen molar-refractivity contribution in [1.82, 2.24) is 19.1 Å². The maximum atomic E-state index is 5.29. The molecule has 4 heteroatoms. The maximum Gasteiger partial charge on any atom is 0.235 e. The van der Waals surface area contributed by atoms with Gasteiger partial charge in [0, 0.05) is 38.2 Å². The van der Waals surface area contributed by atoms with Crippen LogP contribution in [-0.4, -0.2) is 19.1 Å². The Kier molecular flexibility index (Phi) is 6.22. The summed E-state index contributed by atoms with van der Waals surface area (Å²) < 4.78 is 4.62. The van der Waals surface area contributed by atoms with Gasteiger partial charge in [-0.25, -0.2) is 9.97 Å². The second-order valence-electron chi connectivity index (χ2n) is 13.5. The molecule has 3 heterocycles. The van der Waals surface area contributed by atoms with Crippen LogP contribution in [0.4, 0.5) is 0 Å². The second kappa shape index (κ2) is 11.2. The van der Waals surface area contributed by atoms with Crippen LogP contribution in [0.5, 0.6) is 0 Å². The fraction of sp³-hybridized carbons (Fsp3) is 0. The van der Waals surface area contributed by atoms with Gasteiger partial charge in [0.25, 0.3) is 0 Å². The van der Waals surface area contributed by atoms with Crippen LogP contribution in [-0.2, 0) is 0 Å². The first-order valence-electron chi connectivity index (χ1n) is 17.7. The molecular formula is C48H30N4. The lowest BCUT2D eigenvalue weighted by molar-refractivity contribution is 1.01. The Balaban J connectivity index is 1.13. The van der Waals surface area contributed by atoms with Gasteiger partial charge < -0.3 is 4.57 Å². The van der Waals surface area contributed by atoms with Gasteiger partial charge in [0.1, 0.15) is 0 Å². The first-order chi connectivity index (χ1) is 25.8. The topological polar surface area (TPSA) is 35.6 Å². The van der Waals surface area contributed by atoms with E-state index in [0.717, 1.165) is 38.9 Å². The highest BCUT2D eigenvalue weighted by Crippen LogP contribution is 2.38. The average Bonchev–Trinajstić information content (AvgIpc) is 3.72. The third-order valence-electron chi connectivity index (χ3n) is 10.5. The van der Waals surface area contributed by atoms with Crippen molar-refractivity contribution in [3.05, 3.63) is 182 Å². The molecule has 11 aromatic rings. The Morgan fingerprint density at radius 3 is 1.73 bits per heavy atom. The van der Waals surface area contributed by atoms with Crippen molar-refractivity contribution in [2.45, 2.75) is 0 Å². The van der Waals surface area contributed by atoms with E-state index < -0.39 is 0 Å². The van der Waals surface area contributed by atoms with Gasteiger partial charge in [-0.1, -0.05) is 127 Å². The number of hydrogen-bond donors (Lipinski definition) is 0. The normalized spacial score (nSPS) is 11.8. The minimum absolute atomic E-state index is 0.665. The first-order valence-corrected chi connectivity index (χ1v) is 17.7. The van der Waals surface area contributed by atoms with Gasteiger partial charge in [0.2, 0.25) is 5.95 Å². The van der Waals surface area contributed by atoms with Crippen LogP contribution < -0.4 is 0 Å². The van der Waals surface area contributed by atoms with E-state index in [2.05, 4.69) is 179 Å². The molecule has 0 amide bonds. The molecule has 4 nitrogen and oxygen atoms in total. The van der Waals surface area contributed by atoms with Crippen molar-refractivity contribution in [3.63, 3.8) is 0 Å². The number of benzene rings is 8. The van der Waals surface area contributed by atoms with Crippen molar-refractivity contribution in [3.8, 4) is 34.0 Å². The van der Waals surface area contributed by atoms with E-state index in [-0.39, 0.29) is 0 Å². The standard InChI is InChI=1S/C48H30N4/c1-3-13-31(14-4-1)47-40-19-7-10-20-42(40)49-48(50-47)52-44-22-12-9-18-38(44)41-28-33-24-23-32(27-35(33)30-46(41)52)34-25-26-39-37-17-8-11-21-43(37)51(45(39)29-34)36-15-5-2-6-16-36/h1-30H. The highest BCUT2D eigenvalue weighted by Gasteiger charge is 2.18. The molecule has 0 N–H and O–H groups in total. The fourth-order valence-corrected chi connectivity index (χ4v) is 8.09. The summed E-state index contributed by atoms with van der Waals surface area (Å²) in [6.07, 6.45) is 0. The third-order valence-corrected chi connectivity index (χ3v) is 10.5. The largest absolute Gasteiger partial charge is 0.309 e. The Labute approximate surface area is 299 Å². The van der Waals surface area contributed by atoms with E-state index in [1.54, 1.807) is 0 Å². The van der Waals surface area contributed by atoms with E-state index >= 15 is 0 Å². The fourth-order valence-electron chi connectivity index (χ4n) is 8.09. The SMILES string of the molecule is c1ccc(-c2nc(-n3c4ccccc4c4cc5ccc(-c6ccc7c8ccccc8n(-c8ccccc8)c7c6)cc5cc43)nc3ccccc23)cc1. The molecule has 0 atom stereocenters. The molecule has 52 heavy (non-hydrogen) atoms. The van der Waals surface area contributed by atoms with Crippen LogP contribution >= 0.6 is 0 Å². The Bertz CT molecular complexity index is 3170. The summed E-state index contributed by atoms with van der Waals surface area (Å²) in [7, 11) is 0. The van der Waals surface area contributed by atoms with Gasteiger partial charge in [-0.05, 0) is 76.5 Å². The number of hydrogen-bond acceptors (Lipinski definition) is 2. The Morgan fingerprint density at radius 1 is 0.327 bits per heavy atom. The molecule has 0 radical (unpaired) electrons. The highest BCUT2D eigenvalue weighted by molar-refractivity contribution is 6.14. The quantitative estimate of drug-likeness (QED) is 0.188. The summed E-state index contributed by atoms with van der Waals surface area (Å²) in [5, 5.41) is 8.28. The number of aromatic nitrogens is 4. The van der Waals surface area contributed by atoms with Crippen LogP contribution in [0.1, 0.15) is 0 Å². The monoisotopic (exact) mass is 662 g/mol. The summed E-state index contributed by atoms with van der Waals surface area (Å²) in [6.45, 7) is 0. The summed E-state index contributed by atoms with van der Waals surface area (Å²) in [5.74, 6) is 0.665. The molecule has 0 bridgehead atoms. The van der Waals surface area contributed by atoms with E-state index in [1.165, 1.54) is 54.5 Å². The van der Waals surface area contributed by atoms with Gasteiger partial charge in [0.05, 0.1) is 33.3 Å². The zero-order valence-electron chi connectivity index (χ0n) is 28.1. The summed E-state index contributed by atoms with van der Waals surface area (Å²) in [5.41, 5.74) is 11.0. The molecule has 0 unspecified atom stereocenters. The lowest BCUT2D eigenvalue weighted by Crippen LogP contribution is -2.03. The van der Waals surface area contributed by atoms with Crippen LogP contribution in [0.25, 0.3) is 99.3 Å². The molecule has 0 spiro atoms. The number of rotatable bonds is 4. The van der Waals surface area contributed by atoms with Crippen molar-refractivity contribution >= 4 is 65.3 Å². The lowest BCUT2D eigenvalue weighted by atomic mass is 9.99. The number of para-hydroxylation sites is 4. The van der Waals surface area contributed by atoms with Crippen LogP contribution in [0, 0.1) is 0 Å². The third kappa shape index (κ3) is 4.34. The predicted molar refractivity (Wildman–Crippen MR) is 217 cm³/mol. The summed E-state index contributed by atoms with van der Waals surface area (Å²) >= 11 is 0. The molecule has 3 aromatic heterocycles. The minimum Gasteiger partial charge on any atom is -0.309 e. The van der Waals surface area contributed by atoms with Crippen LogP contribution in [0.15, 0.2) is 182 Å². The van der Waals surface area contributed by atoms with Crippen LogP contribution in [0.2, 0.25) is 0 Å². The average molecular weight is 663 g/mol. The van der Waals surface area contributed by atoms with E-state index in [1.807, 2.05) is 12.1 Å². The maximum absolute atomic E-state index is 5.29. The summed E-state index contributed by atoms with van der Waals surface area (Å²) in [4.78, 5) is 10.5. The Morgan fingerprint density at radius 2 is 0.923 bits per heavy atom. The smallest absolute Gasteiger partial charge is 0.235 e. The highest BCUT2D eigenvalue weighted by atomic mass is 15.2. The minimum atomic E-state index is 0.665. The molecule has 0 aliphatic rings. The molecule has 11 rings (SSSR count). The lowest BCUT2D eigenvalue weighted by Gasteiger charge is -2.12. The molecule has 0 saturated heterocycles. The Hall–Kier alpha value is -7.04. The van der Waals surface area contributed by atoms with Gasteiger partial charge in [-0.3, -0.25) is 4.57 Å². The van der Waals surface area contributed by atoms with Gasteiger partial charge >= 0.3 is 0 Å². The van der Waals surface area contributed by atoms with Crippen LogP contribution in [0.3, 0.4) is 0 Å². The first kappa shape index (κ1) is 28.8. The zero-order chi connectivity index (χ0) is 34.2. The van der Waals surface area contributed by atoms with E-state index in [4.69, 9.17) is 9.97 Å². The van der Waals surface area contributed by atoms with Gasteiger partial charge in [-0.2, -0.15) is 0 Å². The van der Waals surface area contributed by atoms with Crippen molar-refractivity contribution in [2.24, 2.45) is 0 Å². The van der Waals surface area contributed by atoms with Gasteiger partial charge in [0.15, 0.2) is 0 Å². The van der Waals surface area contributed by atoms with Crippen molar-refractivity contribution < 1.29 is 0 Å². The molecule has 242 valence electrons. The molecular weight excluding hydrogens is 633 g/mol. The molecule has 0 saturated carbocycles. The number of nitrogens with zero attached hydrogens (tertiary/aromatic N) is 4. The number of fused-ring (bicyclic) bond motifs is 8. The predicted octanol–water partition coefficient (Wildman–Crippen LogP) is 12.3. The van der Waals surface area contributed by atoms with E-state index in [0.29, 0.717) is 5.95 Å². The molecule has 0 aliphatic heterocycles. The summed E-state index contributed by atoms with van der Waals surface area (Å²) in [6, 6.07) is 65.0. The van der Waals surface area contributed by atoms with Gasteiger partial charge in [-0.15, -0.1) is 0 Å². The van der Waals surface area contributed by atoms with Crippen molar-refractivity contribution in [1.29, 1.82) is 0 Å². The molecule has 0 fully saturated rings. The second-order valence-corrected chi connectivity index (χ2v) is 13.5. The zero-order valence-corrected chi connectivity index (χ0v) is 28.1. The van der Waals surface area contributed by atoms with E-state index in [9.17, 15) is 0 Å². The van der Waals surface area contributed by atoms with Crippen molar-refractivity contribution in [2.75, 3.05) is 0 Å². The molecule has 8 aromatic carbocycles.